The first kappa shape index (κ1) is 15.6. The van der Waals surface area contributed by atoms with Crippen LogP contribution in [-0.4, -0.2) is 38.1 Å². The summed E-state index contributed by atoms with van der Waals surface area (Å²) in [6.07, 6.45) is 5.39. The van der Waals surface area contributed by atoms with Gasteiger partial charge in [0, 0.05) is 35.9 Å². The maximum absolute atomic E-state index is 14.1. The minimum Gasteiger partial charge on any atom is -0.363 e. The molecular formula is C15H14ClFN6S. The number of rotatable bonds is 3. The van der Waals surface area contributed by atoms with Crippen molar-refractivity contribution in [2.75, 3.05) is 18.4 Å². The Hall–Kier alpha value is -1.90. The highest BCUT2D eigenvalue weighted by Crippen LogP contribution is 2.30. The third-order valence-electron chi connectivity index (χ3n) is 3.98. The summed E-state index contributed by atoms with van der Waals surface area (Å²) in [5, 5.41) is 7.62. The summed E-state index contributed by atoms with van der Waals surface area (Å²) in [7, 11) is 0. The van der Waals surface area contributed by atoms with Crippen LogP contribution >= 0.6 is 24.4 Å². The Morgan fingerprint density at radius 1 is 1.38 bits per heavy atom. The Kier molecular flexibility index (Phi) is 4.03. The molecule has 0 aliphatic carbocycles. The van der Waals surface area contributed by atoms with Crippen LogP contribution in [0.4, 0.5) is 10.2 Å². The molecule has 0 bridgehead atoms. The lowest BCUT2D eigenvalue weighted by molar-refractivity contribution is 0.612. The first-order valence-electron chi connectivity index (χ1n) is 7.48. The quantitative estimate of drug-likeness (QED) is 0.623. The highest BCUT2D eigenvalue weighted by Gasteiger charge is 2.19. The van der Waals surface area contributed by atoms with Crippen LogP contribution in [0.25, 0.3) is 22.4 Å². The lowest BCUT2D eigenvalue weighted by Gasteiger charge is -2.13. The zero-order valence-corrected chi connectivity index (χ0v) is 14.2. The van der Waals surface area contributed by atoms with Crippen molar-refractivity contribution in [1.82, 2.24) is 24.2 Å². The molecule has 124 valence electrons. The smallest absolute Gasteiger partial charge is 0.183 e. The fourth-order valence-corrected chi connectivity index (χ4v) is 3.25. The first-order valence-corrected chi connectivity index (χ1v) is 8.25. The van der Waals surface area contributed by atoms with Gasteiger partial charge in [-0.3, -0.25) is 3.97 Å². The number of hydrogen-bond acceptors (Lipinski definition) is 6. The van der Waals surface area contributed by atoms with Crippen molar-refractivity contribution in [2.24, 2.45) is 0 Å². The highest BCUT2D eigenvalue weighted by atomic mass is 35.5. The van der Waals surface area contributed by atoms with E-state index in [1.54, 1.807) is 22.4 Å². The number of fused-ring (bicyclic) bond motifs is 1. The van der Waals surface area contributed by atoms with E-state index in [1.807, 2.05) is 0 Å². The summed E-state index contributed by atoms with van der Waals surface area (Å²) < 4.78 is 15.6. The normalized spacial score (nSPS) is 17.5. The molecule has 9 heteroatoms. The molecule has 0 saturated carbocycles. The minimum absolute atomic E-state index is 0.157. The fourth-order valence-electron chi connectivity index (χ4n) is 2.81. The highest BCUT2D eigenvalue weighted by molar-refractivity contribution is 7.78. The lowest BCUT2D eigenvalue weighted by Crippen LogP contribution is -2.23. The van der Waals surface area contributed by atoms with Gasteiger partial charge < -0.3 is 10.6 Å². The molecule has 3 aromatic heterocycles. The predicted molar refractivity (Wildman–Crippen MR) is 95.0 cm³/mol. The minimum atomic E-state index is -0.476. The summed E-state index contributed by atoms with van der Waals surface area (Å²) in [5.74, 6) is 0.117. The second-order valence-electron chi connectivity index (χ2n) is 5.64. The number of halogens is 2. The van der Waals surface area contributed by atoms with Gasteiger partial charge in [0.2, 0.25) is 0 Å². The number of aromatic nitrogens is 4. The molecule has 3 aromatic rings. The van der Waals surface area contributed by atoms with Gasteiger partial charge in [0.25, 0.3) is 0 Å². The van der Waals surface area contributed by atoms with Crippen LogP contribution in [0.2, 0.25) is 5.02 Å². The molecule has 0 aromatic carbocycles. The van der Waals surface area contributed by atoms with Crippen molar-refractivity contribution in [1.29, 1.82) is 0 Å². The Balaban J connectivity index is 1.78. The van der Waals surface area contributed by atoms with Crippen LogP contribution in [0.5, 0.6) is 0 Å². The van der Waals surface area contributed by atoms with Crippen LogP contribution in [-0.2, 0) is 0 Å². The first-order chi connectivity index (χ1) is 11.6. The number of nitrogens with zero attached hydrogens (tertiary/aromatic N) is 4. The average molecular weight is 365 g/mol. The van der Waals surface area contributed by atoms with Gasteiger partial charge in [-0.05, 0) is 19.0 Å². The van der Waals surface area contributed by atoms with Gasteiger partial charge in [0.05, 0.1) is 11.2 Å². The van der Waals surface area contributed by atoms with Crippen molar-refractivity contribution in [3.63, 3.8) is 0 Å². The zero-order chi connectivity index (χ0) is 16.7. The lowest BCUT2D eigenvalue weighted by atomic mass is 10.2. The third-order valence-corrected chi connectivity index (χ3v) is 4.49. The van der Waals surface area contributed by atoms with Gasteiger partial charge in [-0.2, -0.15) is 0 Å². The van der Waals surface area contributed by atoms with Crippen LogP contribution in [0.3, 0.4) is 0 Å². The van der Waals surface area contributed by atoms with E-state index in [-0.39, 0.29) is 11.9 Å². The van der Waals surface area contributed by atoms with Gasteiger partial charge in [-0.1, -0.05) is 24.4 Å². The number of hydrogen-bond donors (Lipinski definition) is 3. The van der Waals surface area contributed by atoms with Crippen molar-refractivity contribution in [2.45, 2.75) is 12.5 Å². The summed E-state index contributed by atoms with van der Waals surface area (Å²) in [4.78, 5) is 12.7. The van der Waals surface area contributed by atoms with E-state index in [9.17, 15) is 4.39 Å². The van der Waals surface area contributed by atoms with Crippen LogP contribution in [0, 0.1) is 5.82 Å². The van der Waals surface area contributed by atoms with E-state index in [0.717, 1.165) is 24.9 Å². The van der Waals surface area contributed by atoms with E-state index >= 15 is 0 Å². The van der Waals surface area contributed by atoms with Crippen molar-refractivity contribution in [3.05, 3.63) is 35.5 Å². The van der Waals surface area contributed by atoms with E-state index in [2.05, 4.69) is 38.4 Å². The molecule has 1 saturated heterocycles. The average Bonchev–Trinajstić information content (AvgIpc) is 3.18. The molecule has 1 aliphatic heterocycles. The molecule has 24 heavy (non-hydrogen) atoms. The summed E-state index contributed by atoms with van der Waals surface area (Å²) in [6.45, 7) is 1.70. The monoisotopic (exact) mass is 364 g/mol. The molecule has 1 unspecified atom stereocenters. The van der Waals surface area contributed by atoms with Crippen molar-refractivity contribution < 1.29 is 4.39 Å². The molecule has 1 fully saturated rings. The van der Waals surface area contributed by atoms with Crippen LogP contribution < -0.4 is 10.6 Å². The van der Waals surface area contributed by atoms with Gasteiger partial charge in [0.1, 0.15) is 0 Å². The number of thiol groups is 1. The van der Waals surface area contributed by atoms with Gasteiger partial charge in [-0.15, -0.1) is 0 Å². The molecule has 6 nitrogen and oxygen atoms in total. The molecular weight excluding hydrogens is 351 g/mol. The Bertz CT molecular complexity index is 908. The summed E-state index contributed by atoms with van der Waals surface area (Å²) in [6, 6.07) is 1.93. The second kappa shape index (κ2) is 6.19. The molecule has 0 amide bonds. The summed E-state index contributed by atoms with van der Waals surface area (Å²) in [5.41, 5.74) is 1.34. The van der Waals surface area contributed by atoms with Crippen molar-refractivity contribution in [3.8, 4) is 11.4 Å². The largest absolute Gasteiger partial charge is 0.363 e. The van der Waals surface area contributed by atoms with Crippen LogP contribution in [0.1, 0.15) is 6.42 Å². The molecule has 1 aliphatic rings. The van der Waals surface area contributed by atoms with E-state index in [0.29, 0.717) is 22.1 Å². The molecule has 0 spiro atoms. The topological polar surface area (TPSA) is 67.7 Å². The zero-order valence-electron chi connectivity index (χ0n) is 12.5. The Morgan fingerprint density at radius 3 is 3.04 bits per heavy atom. The van der Waals surface area contributed by atoms with E-state index in [4.69, 9.17) is 11.6 Å². The number of nitrogens with one attached hydrogen (secondary N) is 2. The van der Waals surface area contributed by atoms with Gasteiger partial charge in [0.15, 0.2) is 23.1 Å². The predicted octanol–water partition coefficient (Wildman–Crippen LogP) is 2.75. The molecule has 1 atom stereocenters. The molecule has 2 N–H and O–H groups in total. The fraction of sp³-hybridized carbons (Fsp3) is 0.267. The Labute approximate surface area is 148 Å². The van der Waals surface area contributed by atoms with E-state index in [1.165, 1.54) is 6.20 Å². The third kappa shape index (κ3) is 2.81. The van der Waals surface area contributed by atoms with E-state index < -0.39 is 5.82 Å². The SMILES string of the molecule is Fc1cnc(-c2cn(S)c3ncc(Cl)cc23)nc1NC1CCNC1. The second-order valence-corrected chi connectivity index (χ2v) is 6.50. The maximum Gasteiger partial charge on any atom is 0.183 e. The number of pyridine rings is 1. The maximum atomic E-state index is 14.1. The summed E-state index contributed by atoms with van der Waals surface area (Å²) >= 11 is 10.4. The Morgan fingerprint density at radius 2 is 2.25 bits per heavy atom. The number of anilines is 1. The molecule has 4 rings (SSSR count). The molecule has 4 heterocycles. The standard InChI is InChI=1S/C15H14ClFN6S/c16-8-3-10-11(7-23(24)15(10)20-4-8)13-19-6-12(17)14(22-13)21-9-1-2-18-5-9/h3-4,6-7,9,18,24H,1-2,5H2,(H,19,21,22). The molecule has 0 radical (unpaired) electrons. The van der Waals surface area contributed by atoms with Crippen molar-refractivity contribution >= 4 is 41.3 Å². The van der Waals surface area contributed by atoms with Crippen LogP contribution in [0.15, 0.2) is 24.7 Å². The van der Waals surface area contributed by atoms with Gasteiger partial charge >= 0.3 is 0 Å². The van der Waals surface area contributed by atoms with Gasteiger partial charge in [-0.25, -0.2) is 19.3 Å².